The van der Waals surface area contributed by atoms with Gasteiger partial charge in [0.05, 0.1) is 22.9 Å². The summed E-state index contributed by atoms with van der Waals surface area (Å²) in [5.41, 5.74) is 8.27. The van der Waals surface area contributed by atoms with Gasteiger partial charge >= 0.3 is 0 Å². The van der Waals surface area contributed by atoms with Gasteiger partial charge in [0, 0.05) is 5.56 Å². The summed E-state index contributed by atoms with van der Waals surface area (Å²) in [6.07, 6.45) is 1.83. The second-order valence-corrected chi connectivity index (χ2v) is 7.18. The number of aromatic nitrogens is 2. The molecule has 4 nitrogen and oxygen atoms in total. The van der Waals surface area contributed by atoms with Crippen molar-refractivity contribution in [3.8, 4) is 0 Å². The van der Waals surface area contributed by atoms with E-state index in [0.717, 1.165) is 27.3 Å². The molecule has 0 bridgehead atoms. The topological polar surface area (TPSA) is 50.2 Å². The van der Waals surface area contributed by atoms with E-state index < -0.39 is 4.87 Å². The van der Waals surface area contributed by atoms with Gasteiger partial charge in [-0.15, -0.1) is 0 Å². The van der Waals surface area contributed by atoms with E-state index in [4.69, 9.17) is 4.98 Å². The maximum atomic E-state index is 4.75. The van der Waals surface area contributed by atoms with E-state index in [-0.39, 0.29) is 0 Å². The number of hydrogen-bond donors (Lipinski definition) is 1. The van der Waals surface area contributed by atoms with Gasteiger partial charge in [-0.05, 0) is 26.0 Å². The molecule has 2 aromatic carbocycles. The molecule has 0 saturated heterocycles. The van der Waals surface area contributed by atoms with Crippen molar-refractivity contribution in [3.63, 3.8) is 0 Å². The predicted octanol–water partition coefficient (Wildman–Crippen LogP) is 3.81. The van der Waals surface area contributed by atoms with Crippen LogP contribution < -0.4 is 5.43 Å². The monoisotopic (exact) mass is 320 g/mol. The molecular weight excluding hydrogens is 304 g/mol. The van der Waals surface area contributed by atoms with E-state index >= 15 is 0 Å². The average molecular weight is 320 g/mol. The first kappa shape index (κ1) is 14.2. The molecule has 1 aliphatic rings. The van der Waals surface area contributed by atoms with Crippen LogP contribution in [0.3, 0.4) is 0 Å². The molecule has 1 N–H and O–H groups in total. The van der Waals surface area contributed by atoms with Crippen LogP contribution >= 0.6 is 11.8 Å². The molecule has 4 rings (SSSR count). The molecule has 0 radical (unpaired) electrons. The average Bonchev–Trinajstić information content (AvgIpc) is 2.99. The van der Waals surface area contributed by atoms with Crippen molar-refractivity contribution >= 4 is 27.8 Å². The summed E-state index contributed by atoms with van der Waals surface area (Å²) < 4.78 is 0. The number of nitrogens with one attached hydrogen (secondary N) is 1. The van der Waals surface area contributed by atoms with E-state index in [9.17, 15) is 0 Å². The zero-order chi connectivity index (χ0) is 15.9. The van der Waals surface area contributed by atoms with Crippen LogP contribution in [0.25, 0.3) is 11.0 Å². The van der Waals surface area contributed by atoms with E-state index in [1.165, 1.54) is 5.56 Å². The highest BCUT2D eigenvalue weighted by molar-refractivity contribution is 8.15. The summed E-state index contributed by atoms with van der Waals surface area (Å²) in [6.45, 7) is 4.17. The first-order chi connectivity index (χ1) is 11.1. The summed E-state index contributed by atoms with van der Waals surface area (Å²) in [5.74, 6) is 0. The Morgan fingerprint density at radius 3 is 2.52 bits per heavy atom. The van der Waals surface area contributed by atoms with Crippen molar-refractivity contribution in [2.24, 2.45) is 5.10 Å². The molecule has 1 atom stereocenters. The number of rotatable bonds is 2. The van der Waals surface area contributed by atoms with Gasteiger partial charge in [-0.25, -0.2) is 4.98 Å². The first-order valence-electron chi connectivity index (χ1n) is 7.47. The lowest BCUT2D eigenvalue weighted by molar-refractivity contribution is 0.547. The molecule has 1 unspecified atom stereocenters. The molecule has 0 spiro atoms. The van der Waals surface area contributed by atoms with Crippen LogP contribution in [0.2, 0.25) is 0 Å². The number of benzene rings is 2. The highest BCUT2D eigenvalue weighted by Gasteiger charge is 2.36. The Kier molecular flexibility index (Phi) is 3.31. The predicted molar refractivity (Wildman–Crippen MR) is 95.3 cm³/mol. The molecule has 2 heterocycles. The van der Waals surface area contributed by atoms with E-state index in [1.807, 2.05) is 30.5 Å². The molecule has 114 valence electrons. The van der Waals surface area contributed by atoms with Gasteiger partial charge in [0.25, 0.3) is 0 Å². The smallest absolute Gasteiger partial charge is 0.146 e. The lowest BCUT2D eigenvalue weighted by Gasteiger charge is -2.21. The normalized spacial score (nSPS) is 20.3. The van der Waals surface area contributed by atoms with Crippen LogP contribution in [0.1, 0.15) is 23.7 Å². The number of para-hydroxylation sites is 2. The van der Waals surface area contributed by atoms with Gasteiger partial charge in [0.1, 0.15) is 9.91 Å². The Morgan fingerprint density at radius 2 is 1.74 bits per heavy atom. The maximum Gasteiger partial charge on any atom is 0.146 e. The molecule has 5 heteroatoms. The fourth-order valence-electron chi connectivity index (χ4n) is 2.51. The summed E-state index contributed by atoms with van der Waals surface area (Å²) in [5, 5.41) is 5.48. The summed E-state index contributed by atoms with van der Waals surface area (Å²) in [7, 11) is 0. The second-order valence-electron chi connectivity index (χ2n) is 5.77. The fourth-order valence-corrected chi connectivity index (χ4v) is 3.54. The lowest BCUT2D eigenvalue weighted by atomic mass is 10.2. The Morgan fingerprint density at radius 1 is 1.00 bits per heavy atom. The lowest BCUT2D eigenvalue weighted by Crippen LogP contribution is -2.30. The molecule has 1 aromatic heterocycles. The number of fused-ring (bicyclic) bond motifs is 1. The van der Waals surface area contributed by atoms with Crippen LogP contribution in [-0.4, -0.2) is 15.0 Å². The van der Waals surface area contributed by atoms with Crippen molar-refractivity contribution in [3.05, 3.63) is 71.5 Å². The van der Waals surface area contributed by atoms with Gasteiger partial charge < -0.3 is 0 Å². The number of nitrogens with zero attached hydrogens (tertiary/aromatic N) is 3. The maximum absolute atomic E-state index is 4.75. The zero-order valence-electron chi connectivity index (χ0n) is 12.9. The van der Waals surface area contributed by atoms with Crippen molar-refractivity contribution in [1.29, 1.82) is 0 Å². The van der Waals surface area contributed by atoms with Crippen LogP contribution in [0.5, 0.6) is 0 Å². The van der Waals surface area contributed by atoms with Gasteiger partial charge in [0.15, 0.2) is 0 Å². The highest BCUT2D eigenvalue weighted by Crippen LogP contribution is 2.39. The van der Waals surface area contributed by atoms with Crippen LogP contribution in [0.4, 0.5) is 0 Å². The van der Waals surface area contributed by atoms with Crippen LogP contribution in [-0.2, 0) is 4.87 Å². The van der Waals surface area contributed by atoms with Crippen LogP contribution in [0.15, 0.2) is 59.8 Å². The Bertz CT molecular complexity index is 904. The van der Waals surface area contributed by atoms with Crippen molar-refractivity contribution < 1.29 is 0 Å². The summed E-state index contributed by atoms with van der Waals surface area (Å²) >= 11 is 1.67. The Labute approximate surface area is 139 Å². The SMILES string of the molecule is Cc1ccc(C2=NNC(C)(c3cnc4ccccc4n3)S2)cc1. The van der Waals surface area contributed by atoms with Gasteiger partial charge in [-0.1, -0.05) is 53.7 Å². The zero-order valence-corrected chi connectivity index (χ0v) is 13.8. The third-order valence-corrected chi connectivity index (χ3v) is 5.14. The largest absolute Gasteiger partial charge is 0.287 e. The third kappa shape index (κ3) is 2.57. The summed E-state index contributed by atoms with van der Waals surface area (Å²) in [4.78, 5) is 8.86. The molecule has 0 saturated carbocycles. The number of hydrogen-bond acceptors (Lipinski definition) is 5. The minimum absolute atomic E-state index is 0.406. The molecule has 0 fully saturated rings. The molecule has 23 heavy (non-hydrogen) atoms. The van der Waals surface area contributed by atoms with Gasteiger partial charge in [0.2, 0.25) is 0 Å². The number of thioether (sulfide) groups is 1. The van der Waals surface area contributed by atoms with Gasteiger partial charge in [-0.3, -0.25) is 10.4 Å². The summed E-state index contributed by atoms with van der Waals surface area (Å²) in [6, 6.07) is 16.3. The molecule has 0 aliphatic carbocycles. The van der Waals surface area contributed by atoms with Crippen LogP contribution in [0, 0.1) is 6.92 Å². The van der Waals surface area contributed by atoms with Crippen molar-refractivity contribution in [2.75, 3.05) is 0 Å². The molecule has 3 aromatic rings. The van der Waals surface area contributed by atoms with Crippen molar-refractivity contribution in [1.82, 2.24) is 15.4 Å². The van der Waals surface area contributed by atoms with Gasteiger partial charge in [-0.2, -0.15) is 5.10 Å². The first-order valence-corrected chi connectivity index (χ1v) is 8.29. The molecular formula is C18H16N4S. The highest BCUT2D eigenvalue weighted by atomic mass is 32.2. The second kappa shape index (κ2) is 5.35. The minimum Gasteiger partial charge on any atom is -0.287 e. The third-order valence-electron chi connectivity index (χ3n) is 3.91. The standard InChI is InChI=1S/C18H16N4S/c1-12-7-9-13(10-8-12)17-21-22-18(2,23-17)16-11-19-14-5-3-4-6-15(14)20-16/h3-11,22H,1-2H3. The van der Waals surface area contributed by atoms with E-state index in [0.29, 0.717) is 0 Å². The molecule has 0 amide bonds. The minimum atomic E-state index is -0.406. The van der Waals surface area contributed by atoms with E-state index in [1.54, 1.807) is 11.8 Å². The molecule has 1 aliphatic heterocycles. The Balaban J connectivity index is 1.65. The number of hydrazone groups is 1. The number of aryl methyl sites for hydroxylation is 1. The van der Waals surface area contributed by atoms with E-state index in [2.05, 4.69) is 53.6 Å². The Hall–Kier alpha value is -2.40. The van der Waals surface area contributed by atoms with Crippen molar-refractivity contribution in [2.45, 2.75) is 18.7 Å². The fraction of sp³-hybridized carbons (Fsp3) is 0.167. The quantitative estimate of drug-likeness (QED) is 0.780.